The first-order valence-electron chi connectivity index (χ1n) is 10.3. The van der Waals surface area contributed by atoms with Crippen LogP contribution in [0.2, 0.25) is 0 Å². The minimum atomic E-state index is 0.138. The minimum absolute atomic E-state index is 0.138. The average Bonchev–Trinajstić information content (AvgIpc) is 3.04. The third-order valence-corrected chi connectivity index (χ3v) is 7.44. The topological polar surface area (TPSA) is 32.3 Å². The second-order valence-electron chi connectivity index (χ2n) is 9.32. The number of carbonyl (C=O) groups is 1. The van der Waals surface area contributed by atoms with E-state index in [-0.39, 0.29) is 5.91 Å². The summed E-state index contributed by atoms with van der Waals surface area (Å²) in [5, 5.41) is 3.42. The van der Waals surface area contributed by atoms with Crippen molar-refractivity contribution in [2.75, 3.05) is 18.0 Å². The molecule has 3 nitrogen and oxygen atoms in total. The van der Waals surface area contributed by atoms with E-state index in [1.54, 1.807) is 0 Å². The van der Waals surface area contributed by atoms with Crippen molar-refractivity contribution in [3.63, 3.8) is 0 Å². The summed E-state index contributed by atoms with van der Waals surface area (Å²) in [5.74, 6) is 4.31. The highest BCUT2D eigenvalue weighted by Gasteiger charge is 2.48. The fourth-order valence-corrected chi connectivity index (χ4v) is 6.39. The highest BCUT2D eigenvalue weighted by molar-refractivity contribution is 5.94. The number of hydrogen-bond donors (Lipinski definition) is 1. The Morgan fingerprint density at radius 1 is 1.00 bits per heavy atom. The second kappa shape index (κ2) is 6.03. The lowest BCUT2D eigenvalue weighted by molar-refractivity contribution is -0.0119. The lowest BCUT2D eigenvalue weighted by Crippen LogP contribution is -2.55. The predicted octanol–water partition coefficient (Wildman–Crippen LogP) is 4.09. The maximum Gasteiger partial charge on any atom is 0.251 e. The first kappa shape index (κ1) is 15.7. The van der Waals surface area contributed by atoms with Gasteiger partial charge in [-0.05, 0) is 92.4 Å². The predicted molar refractivity (Wildman–Crippen MR) is 101 cm³/mol. The van der Waals surface area contributed by atoms with Crippen LogP contribution in [0.4, 0.5) is 5.69 Å². The zero-order chi connectivity index (χ0) is 17.0. The Hall–Kier alpha value is -1.51. The van der Waals surface area contributed by atoms with Gasteiger partial charge >= 0.3 is 0 Å². The zero-order valence-corrected chi connectivity index (χ0v) is 15.3. The minimum Gasteiger partial charge on any atom is -0.371 e. The van der Waals surface area contributed by atoms with Crippen molar-refractivity contribution in [2.45, 2.75) is 51.5 Å². The molecule has 134 valence electrons. The fraction of sp³-hybridized carbons (Fsp3) is 0.682. The number of nitrogens with zero attached hydrogens (tertiary/aromatic N) is 1. The first-order valence-corrected chi connectivity index (χ1v) is 10.3. The van der Waals surface area contributed by atoms with Gasteiger partial charge in [0.15, 0.2) is 0 Å². The summed E-state index contributed by atoms with van der Waals surface area (Å²) in [7, 11) is 0. The summed E-state index contributed by atoms with van der Waals surface area (Å²) < 4.78 is 0. The van der Waals surface area contributed by atoms with Crippen LogP contribution < -0.4 is 10.2 Å². The largest absolute Gasteiger partial charge is 0.371 e. The number of benzene rings is 1. The summed E-state index contributed by atoms with van der Waals surface area (Å²) in [6.45, 7) is 4.59. The van der Waals surface area contributed by atoms with E-state index in [9.17, 15) is 4.79 Å². The number of rotatable bonds is 3. The van der Waals surface area contributed by atoms with Gasteiger partial charge in [-0.15, -0.1) is 0 Å². The van der Waals surface area contributed by atoms with Crippen molar-refractivity contribution in [2.24, 2.45) is 29.6 Å². The third kappa shape index (κ3) is 2.86. The van der Waals surface area contributed by atoms with Crippen molar-refractivity contribution in [3.05, 3.63) is 29.8 Å². The van der Waals surface area contributed by atoms with Gasteiger partial charge in [0.25, 0.3) is 5.91 Å². The molecule has 4 aliphatic carbocycles. The molecule has 0 aromatic heterocycles. The molecule has 5 fully saturated rings. The van der Waals surface area contributed by atoms with Gasteiger partial charge in [0.2, 0.25) is 0 Å². The van der Waals surface area contributed by atoms with E-state index in [1.807, 2.05) is 12.1 Å². The lowest BCUT2D eigenvalue weighted by atomic mass is 9.54. The molecular weight excluding hydrogens is 308 g/mol. The summed E-state index contributed by atoms with van der Waals surface area (Å²) in [6, 6.07) is 8.72. The molecule has 1 aromatic carbocycles. The van der Waals surface area contributed by atoms with E-state index >= 15 is 0 Å². The van der Waals surface area contributed by atoms with E-state index in [0.717, 1.165) is 48.2 Å². The van der Waals surface area contributed by atoms with Crippen LogP contribution in [-0.4, -0.2) is 25.0 Å². The van der Waals surface area contributed by atoms with Gasteiger partial charge < -0.3 is 10.2 Å². The number of hydrogen-bond acceptors (Lipinski definition) is 2. The Balaban J connectivity index is 1.25. The smallest absolute Gasteiger partial charge is 0.251 e. The summed E-state index contributed by atoms with van der Waals surface area (Å²) in [5.41, 5.74) is 2.08. The quantitative estimate of drug-likeness (QED) is 0.900. The highest BCUT2D eigenvalue weighted by atomic mass is 16.1. The molecule has 0 spiro atoms. The zero-order valence-electron chi connectivity index (χ0n) is 15.3. The van der Waals surface area contributed by atoms with Crippen molar-refractivity contribution in [1.82, 2.24) is 5.32 Å². The van der Waals surface area contributed by atoms with Gasteiger partial charge in [-0.25, -0.2) is 0 Å². The van der Waals surface area contributed by atoms with Crippen molar-refractivity contribution in [1.29, 1.82) is 0 Å². The average molecular weight is 338 g/mol. The van der Waals surface area contributed by atoms with Crippen LogP contribution in [0.3, 0.4) is 0 Å². The molecule has 0 unspecified atom stereocenters. The Bertz CT molecular complexity index is 624. The molecule has 4 bridgehead atoms. The Kier molecular flexibility index (Phi) is 3.79. The van der Waals surface area contributed by atoms with Crippen molar-refractivity contribution < 1.29 is 4.79 Å². The number of nitrogens with one attached hydrogen (secondary N) is 1. The highest BCUT2D eigenvalue weighted by Crippen LogP contribution is 2.53. The molecule has 4 saturated carbocycles. The maximum atomic E-state index is 12.8. The van der Waals surface area contributed by atoms with Gasteiger partial charge in [-0.1, -0.05) is 6.92 Å². The molecule has 1 saturated heterocycles. The van der Waals surface area contributed by atoms with Crippen LogP contribution in [-0.2, 0) is 0 Å². The molecule has 3 heteroatoms. The van der Waals surface area contributed by atoms with Crippen LogP contribution in [0.5, 0.6) is 0 Å². The molecule has 1 N–H and O–H groups in total. The summed E-state index contributed by atoms with van der Waals surface area (Å²) >= 11 is 0. The molecule has 25 heavy (non-hydrogen) atoms. The molecule has 1 aromatic rings. The standard InChI is InChI=1S/C22H30N2O/c1-14-6-7-24(13-14)20-4-2-17(3-5-20)22(25)23-21-18-9-15-8-16(11-18)12-19(21)10-15/h2-5,14-16,18-19,21H,6-13H2,1H3,(H,23,25)/t14-,15?,16?,18?,19?,21?/m1/s1. The van der Waals surface area contributed by atoms with Crippen molar-refractivity contribution in [3.8, 4) is 0 Å². The van der Waals surface area contributed by atoms with Crippen LogP contribution in [0.15, 0.2) is 24.3 Å². The SMILES string of the molecule is C[C@@H]1CCN(c2ccc(C(=O)NC3C4CC5CC(C4)CC3C5)cc2)C1. The van der Waals surface area contributed by atoms with Gasteiger partial charge in [-0.2, -0.15) is 0 Å². The van der Waals surface area contributed by atoms with Crippen molar-refractivity contribution >= 4 is 11.6 Å². The number of anilines is 1. The summed E-state index contributed by atoms with van der Waals surface area (Å²) in [6.07, 6.45) is 8.14. The first-order chi connectivity index (χ1) is 12.2. The lowest BCUT2D eigenvalue weighted by Gasteiger charge is -2.54. The Morgan fingerprint density at radius 2 is 1.64 bits per heavy atom. The number of carbonyl (C=O) groups excluding carboxylic acids is 1. The molecule has 6 rings (SSSR count). The van der Waals surface area contributed by atoms with Gasteiger partial charge in [0.05, 0.1) is 0 Å². The Morgan fingerprint density at radius 3 is 2.20 bits per heavy atom. The monoisotopic (exact) mass is 338 g/mol. The van der Waals surface area contributed by atoms with E-state index in [1.165, 1.54) is 44.2 Å². The van der Waals surface area contributed by atoms with E-state index in [0.29, 0.717) is 6.04 Å². The number of amides is 1. The van der Waals surface area contributed by atoms with E-state index < -0.39 is 0 Å². The third-order valence-electron chi connectivity index (χ3n) is 7.44. The van der Waals surface area contributed by atoms with E-state index in [2.05, 4.69) is 29.3 Å². The molecule has 1 heterocycles. The fourth-order valence-electron chi connectivity index (χ4n) is 6.39. The van der Waals surface area contributed by atoms with Gasteiger partial charge in [-0.3, -0.25) is 4.79 Å². The van der Waals surface area contributed by atoms with Crippen LogP contribution in [0.1, 0.15) is 55.8 Å². The maximum absolute atomic E-state index is 12.8. The van der Waals surface area contributed by atoms with Gasteiger partial charge in [0.1, 0.15) is 0 Å². The normalized spacial score (nSPS) is 39.0. The molecular formula is C22H30N2O. The van der Waals surface area contributed by atoms with E-state index in [4.69, 9.17) is 0 Å². The molecule has 1 atom stereocenters. The van der Waals surface area contributed by atoms with Crippen LogP contribution in [0, 0.1) is 29.6 Å². The molecule has 1 amide bonds. The summed E-state index contributed by atoms with van der Waals surface area (Å²) in [4.78, 5) is 15.2. The van der Waals surface area contributed by atoms with Crippen LogP contribution >= 0.6 is 0 Å². The Labute approximate surface area is 151 Å². The molecule has 5 aliphatic rings. The van der Waals surface area contributed by atoms with Gasteiger partial charge in [0, 0.05) is 30.4 Å². The van der Waals surface area contributed by atoms with Crippen LogP contribution in [0.25, 0.3) is 0 Å². The second-order valence-corrected chi connectivity index (χ2v) is 9.32. The molecule has 0 radical (unpaired) electrons. The molecule has 1 aliphatic heterocycles.